The molecule has 0 spiro atoms. The van der Waals surface area contributed by atoms with Crippen LogP contribution in [0.5, 0.6) is 5.75 Å². The molecule has 0 N–H and O–H groups in total. The van der Waals surface area contributed by atoms with Crippen molar-refractivity contribution in [3.63, 3.8) is 0 Å². The highest BCUT2D eigenvalue weighted by atomic mass is 35.5. The van der Waals surface area contributed by atoms with Gasteiger partial charge in [0.1, 0.15) is 17.1 Å². The Balaban J connectivity index is 2.48. The maximum absolute atomic E-state index is 11.3. The van der Waals surface area contributed by atoms with E-state index in [1.54, 1.807) is 6.26 Å². The van der Waals surface area contributed by atoms with Crippen molar-refractivity contribution in [2.24, 2.45) is 0 Å². The maximum atomic E-state index is 11.3. The summed E-state index contributed by atoms with van der Waals surface area (Å²) >= 11 is 5.95. The molecule has 0 aliphatic rings. The van der Waals surface area contributed by atoms with Crippen molar-refractivity contribution in [2.45, 2.75) is 19.3 Å². The maximum Gasteiger partial charge on any atom is 0.147 e. The lowest BCUT2D eigenvalue weighted by Gasteiger charge is -2.07. The second-order valence-electron chi connectivity index (χ2n) is 4.15. The predicted molar refractivity (Wildman–Crippen MR) is 79.4 cm³/mol. The van der Waals surface area contributed by atoms with Gasteiger partial charge >= 0.3 is 0 Å². The predicted octanol–water partition coefficient (Wildman–Crippen LogP) is 2.55. The molecule has 0 bridgehead atoms. The summed E-state index contributed by atoms with van der Waals surface area (Å²) in [6.45, 7) is 3.19. The summed E-state index contributed by atoms with van der Waals surface area (Å²) in [7, 11) is -0.835. The number of rotatable bonds is 6. The van der Waals surface area contributed by atoms with Gasteiger partial charge in [0, 0.05) is 29.4 Å². The third-order valence-corrected chi connectivity index (χ3v) is 3.84. The first-order valence-corrected chi connectivity index (χ1v) is 8.40. The minimum atomic E-state index is -0.835. The lowest BCUT2D eigenvalue weighted by molar-refractivity contribution is 0.343. The molecule has 1 aromatic heterocycles. The van der Waals surface area contributed by atoms with E-state index < -0.39 is 10.8 Å². The number of alkyl halides is 1. The van der Waals surface area contributed by atoms with Gasteiger partial charge in [0.2, 0.25) is 0 Å². The monoisotopic (exact) mass is 300 g/mol. The van der Waals surface area contributed by atoms with Gasteiger partial charge in [-0.15, -0.1) is 11.6 Å². The molecule has 0 amide bonds. The van der Waals surface area contributed by atoms with E-state index in [9.17, 15) is 4.21 Å². The topological polar surface area (TPSA) is 44.1 Å². The number of hydrogen-bond acceptors (Lipinski definition) is 3. The average Bonchev–Trinajstić information content (AvgIpc) is 2.75. The highest BCUT2D eigenvalue weighted by molar-refractivity contribution is 7.84. The van der Waals surface area contributed by atoms with Crippen LogP contribution in [0.25, 0.3) is 11.0 Å². The zero-order valence-corrected chi connectivity index (χ0v) is 12.6. The van der Waals surface area contributed by atoms with E-state index in [4.69, 9.17) is 16.3 Å². The third-order valence-electron chi connectivity index (χ3n) is 2.84. The number of para-hydroxylation sites is 1. The van der Waals surface area contributed by atoms with Gasteiger partial charge in [0.25, 0.3) is 0 Å². The molecule has 19 heavy (non-hydrogen) atoms. The lowest BCUT2D eigenvalue weighted by atomic mass is 10.3. The summed E-state index contributed by atoms with van der Waals surface area (Å²) in [5.74, 6) is 2.47. The molecule has 0 aliphatic carbocycles. The molecule has 0 saturated carbocycles. The van der Waals surface area contributed by atoms with Crippen molar-refractivity contribution >= 4 is 33.4 Å². The molecule has 2 aromatic rings. The van der Waals surface area contributed by atoms with Crippen LogP contribution in [0.4, 0.5) is 0 Å². The summed E-state index contributed by atoms with van der Waals surface area (Å²) in [6, 6.07) is 5.82. The van der Waals surface area contributed by atoms with Crippen molar-refractivity contribution in [3.05, 3.63) is 24.0 Å². The van der Waals surface area contributed by atoms with Crippen LogP contribution in [-0.2, 0) is 23.2 Å². The van der Waals surface area contributed by atoms with E-state index in [0.29, 0.717) is 24.8 Å². The average molecular weight is 301 g/mol. The van der Waals surface area contributed by atoms with Crippen LogP contribution in [0.15, 0.2) is 18.2 Å². The van der Waals surface area contributed by atoms with Crippen LogP contribution >= 0.6 is 11.6 Å². The molecule has 1 heterocycles. The number of benzene rings is 1. The Labute approximate surface area is 120 Å². The summed E-state index contributed by atoms with van der Waals surface area (Å²) in [5, 5.41) is 0. The fourth-order valence-electron chi connectivity index (χ4n) is 2.01. The van der Waals surface area contributed by atoms with Crippen molar-refractivity contribution < 1.29 is 8.95 Å². The molecule has 1 aromatic carbocycles. The van der Waals surface area contributed by atoms with Crippen LogP contribution in [0.1, 0.15) is 12.7 Å². The van der Waals surface area contributed by atoms with E-state index in [1.807, 2.05) is 29.7 Å². The Bertz CT molecular complexity index is 598. The van der Waals surface area contributed by atoms with E-state index in [0.717, 1.165) is 22.6 Å². The number of aryl methyl sites for hydroxylation is 1. The Morgan fingerprint density at radius 2 is 2.26 bits per heavy atom. The highest BCUT2D eigenvalue weighted by Crippen LogP contribution is 2.26. The first kappa shape index (κ1) is 14.3. The fraction of sp³-hybridized carbons (Fsp3) is 0.462. The Morgan fingerprint density at radius 3 is 2.89 bits per heavy atom. The van der Waals surface area contributed by atoms with Gasteiger partial charge in [-0.05, 0) is 19.1 Å². The van der Waals surface area contributed by atoms with Crippen LogP contribution in [0.2, 0.25) is 0 Å². The van der Waals surface area contributed by atoms with Crippen molar-refractivity contribution in [3.8, 4) is 5.75 Å². The normalized spacial score (nSPS) is 12.8. The lowest BCUT2D eigenvalue weighted by Crippen LogP contribution is -2.09. The van der Waals surface area contributed by atoms with E-state index >= 15 is 0 Å². The number of hydrogen-bond donors (Lipinski definition) is 0. The van der Waals surface area contributed by atoms with Crippen LogP contribution in [0.3, 0.4) is 0 Å². The minimum absolute atomic E-state index is 0.330. The molecular weight excluding hydrogens is 284 g/mol. The first-order chi connectivity index (χ1) is 9.17. The molecule has 1 unspecified atom stereocenters. The molecule has 0 radical (unpaired) electrons. The molecule has 0 aliphatic heterocycles. The number of nitrogens with zero attached hydrogens (tertiary/aromatic N) is 2. The largest absolute Gasteiger partial charge is 0.492 e. The Hall–Kier alpha value is -1.07. The van der Waals surface area contributed by atoms with Crippen LogP contribution < -0.4 is 4.74 Å². The molecule has 4 nitrogen and oxygen atoms in total. The van der Waals surface area contributed by atoms with E-state index in [1.165, 1.54) is 0 Å². The minimum Gasteiger partial charge on any atom is -0.492 e. The molecule has 2 rings (SSSR count). The van der Waals surface area contributed by atoms with E-state index in [2.05, 4.69) is 4.98 Å². The van der Waals surface area contributed by atoms with Crippen molar-refractivity contribution in [1.29, 1.82) is 0 Å². The summed E-state index contributed by atoms with van der Waals surface area (Å²) in [4.78, 5) is 4.53. The van der Waals surface area contributed by atoms with Crippen molar-refractivity contribution in [2.75, 3.05) is 18.6 Å². The van der Waals surface area contributed by atoms with Gasteiger partial charge < -0.3 is 9.30 Å². The van der Waals surface area contributed by atoms with Gasteiger partial charge in [-0.3, -0.25) is 4.21 Å². The van der Waals surface area contributed by atoms with Gasteiger partial charge in [-0.2, -0.15) is 0 Å². The van der Waals surface area contributed by atoms with Gasteiger partial charge in [-0.25, -0.2) is 4.98 Å². The number of halogens is 1. The summed E-state index contributed by atoms with van der Waals surface area (Å²) in [5.41, 5.74) is 1.80. The molecule has 1 atom stereocenters. The Kier molecular flexibility index (Phi) is 4.82. The number of imidazole rings is 1. The van der Waals surface area contributed by atoms with Gasteiger partial charge in [-0.1, -0.05) is 6.07 Å². The summed E-state index contributed by atoms with van der Waals surface area (Å²) < 4.78 is 18.9. The zero-order chi connectivity index (χ0) is 13.8. The first-order valence-electron chi connectivity index (χ1n) is 6.14. The van der Waals surface area contributed by atoms with Crippen molar-refractivity contribution in [1.82, 2.24) is 9.55 Å². The van der Waals surface area contributed by atoms with Crippen LogP contribution in [-0.4, -0.2) is 32.4 Å². The van der Waals surface area contributed by atoms with E-state index in [-0.39, 0.29) is 0 Å². The molecule has 0 saturated heterocycles. The highest BCUT2D eigenvalue weighted by Gasteiger charge is 2.13. The SMILES string of the molecule is CCOc1cccc2c1nc(CCl)n2CCS(C)=O. The van der Waals surface area contributed by atoms with Gasteiger partial charge in [0.05, 0.1) is 18.0 Å². The summed E-state index contributed by atoms with van der Waals surface area (Å²) in [6.07, 6.45) is 1.70. The Morgan fingerprint density at radius 1 is 1.47 bits per heavy atom. The molecule has 0 fully saturated rings. The number of aromatic nitrogens is 2. The zero-order valence-electron chi connectivity index (χ0n) is 11.1. The van der Waals surface area contributed by atoms with Gasteiger partial charge in [0.15, 0.2) is 0 Å². The van der Waals surface area contributed by atoms with Crippen LogP contribution in [0, 0.1) is 0 Å². The molecule has 6 heteroatoms. The molecular formula is C13H17ClN2O2S. The molecule has 104 valence electrons. The fourth-order valence-corrected chi connectivity index (χ4v) is 2.66. The number of ether oxygens (including phenoxy) is 1. The quantitative estimate of drug-likeness (QED) is 0.770. The second-order valence-corrected chi connectivity index (χ2v) is 5.97. The standard InChI is InChI=1S/C13H17ClN2O2S/c1-3-18-11-6-4-5-10-13(11)15-12(9-14)16(10)7-8-19(2)17/h4-6H,3,7-9H2,1-2H3. The second kappa shape index (κ2) is 6.39. The smallest absolute Gasteiger partial charge is 0.147 e. The number of fused-ring (bicyclic) bond motifs is 1. The third kappa shape index (κ3) is 3.09.